The molecule has 0 bridgehead atoms. The molecule has 1 saturated carbocycles. The van der Waals surface area contributed by atoms with Gasteiger partial charge in [0.2, 0.25) is 0 Å². The lowest BCUT2D eigenvalue weighted by molar-refractivity contribution is -0.140. The molecule has 1 aliphatic rings. The van der Waals surface area contributed by atoms with E-state index in [-0.39, 0.29) is 12.1 Å². The van der Waals surface area contributed by atoms with E-state index in [1.807, 2.05) is 0 Å². The minimum atomic E-state index is -0.159. The summed E-state index contributed by atoms with van der Waals surface area (Å²) in [7, 11) is 1.45. The number of aliphatic hydroxyl groups is 1. The molecule has 1 aliphatic carbocycles. The summed E-state index contributed by atoms with van der Waals surface area (Å²) in [6.45, 7) is 2.25. The molecule has 0 aromatic heterocycles. The van der Waals surface area contributed by atoms with Gasteiger partial charge in [0.1, 0.15) is 0 Å². The maximum Gasteiger partial charge on any atom is 0.305 e. The maximum absolute atomic E-state index is 11.2. The number of carbonyl (C=O) groups excluding carboxylic acids is 1. The van der Waals surface area contributed by atoms with Crippen LogP contribution >= 0.6 is 0 Å². The quantitative estimate of drug-likeness (QED) is 0.324. The van der Waals surface area contributed by atoms with E-state index in [1.165, 1.54) is 50.3 Å². The van der Waals surface area contributed by atoms with Crippen LogP contribution < -0.4 is 0 Å². The van der Waals surface area contributed by atoms with Crippen molar-refractivity contribution in [1.82, 2.24) is 0 Å². The Morgan fingerprint density at radius 1 is 1.00 bits per heavy atom. The lowest BCUT2D eigenvalue weighted by Crippen LogP contribution is -2.18. The molecular formula is C25H40O3. The number of hydrogen-bond donors (Lipinski definition) is 1. The van der Waals surface area contributed by atoms with Crippen molar-refractivity contribution in [1.29, 1.82) is 0 Å². The zero-order valence-electron chi connectivity index (χ0n) is 18.0. The number of esters is 1. The molecule has 3 atom stereocenters. The number of methoxy groups -OCH3 is 1. The number of carbonyl (C=O) groups is 1. The molecule has 1 aromatic carbocycles. The summed E-state index contributed by atoms with van der Waals surface area (Å²) in [4.78, 5) is 11.2. The fraction of sp³-hybridized carbons (Fsp3) is 0.720. The molecular weight excluding hydrogens is 348 g/mol. The van der Waals surface area contributed by atoms with Crippen LogP contribution in [0.3, 0.4) is 0 Å². The third-order valence-corrected chi connectivity index (χ3v) is 6.41. The van der Waals surface area contributed by atoms with Gasteiger partial charge in [-0.25, -0.2) is 0 Å². The van der Waals surface area contributed by atoms with Gasteiger partial charge in [-0.3, -0.25) is 4.79 Å². The second-order valence-electron chi connectivity index (χ2n) is 8.50. The molecule has 3 nitrogen and oxygen atoms in total. The van der Waals surface area contributed by atoms with Crippen LogP contribution in [0, 0.1) is 5.92 Å². The highest BCUT2D eigenvalue weighted by molar-refractivity contribution is 5.68. The van der Waals surface area contributed by atoms with Crippen LogP contribution in [0.5, 0.6) is 0 Å². The molecule has 0 spiro atoms. The van der Waals surface area contributed by atoms with E-state index in [0.717, 1.165) is 44.9 Å². The van der Waals surface area contributed by atoms with Crippen LogP contribution in [-0.2, 0) is 16.0 Å². The van der Waals surface area contributed by atoms with Gasteiger partial charge in [-0.05, 0) is 61.5 Å². The highest BCUT2D eigenvalue weighted by Gasteiger charge is 2.35. The topological polar surface area (TPSA) is 46.5 Å². The van der Waals surface area contributed by atoms with Crippen molar-refractivity contribution in [2.75, 3.05) is 7.11 Å². The molecule has 2 unspecified atom stereocenters. The SMILES string of the molecule is CCCCCCc1ccc(C2CC[C@H](O)C2CCCCCCC(=O)OC)cc1. The molecule has 0 amide bonds. The number of aryl methyl sites for hydroxylation is 1. The molecule has 1 fully saturated rings. The predicted molar refractivity (Wildman–Crippen MR) is 115 cm³/mol. The van der Waals surface area contributed by atoms with Crippen LogP contribution in [0.2, 0.25) is 0 Å². The highest BCUT2D eigenvalue weighted by atomic mass is 16.5. The fourth-order valence-corrected chi connectivity index (χ4v) is 4.65. The van der Waals surface area contributed by atoms with E-state index in [0.29, 0.717) is 18.3 Å². The normalized spacial score (nSPS) is 21.8. The Morgan fingerprint density at radius 2 is 1.71 bits per heavy atom. The predicted octanol–water partition coefficient (Wildman–Crippen LogP) is 6.18. The van der Waals surface area contributed by atoms with Crippen molar-refractivity contribution in [2.24, 2.45) is 5.92 Å². The average molecular weight is 389 g/mol. The number of rotatable bonds is 13. The average Bonchev–Trinajstić information content (AvgIpc) is 3.08. The number of benzene rings is 1. The summed E-state index contributed by atoms with van der Waals surface area (Å²) in [6, 6.07) is 9.22. The zero-order chi connectivity index (χ0) is 20.2. The molecule has 1 aromatic rings. The Bertz CT molecular complexity index is 551. The Morgan fingerprint density at radius 3 is 2.43 bits per heavy atom. The summed E-state index contributed by atoms with van der Waals surface area (Å²) in [6.07, 6.45) is 14.1. The second-order valence-corrected chi connectivity index (χ2v) is 8.50. The minimum absolute atomic E-state index is 0.111. The summed E-state index contributed by atoms with van der Waals surface area (Å²) in [5, 5.41) is 10.5. The fourth-order valence-electron chi connectivity index (χ4n) is 4.65. The molecule has 3 heteroatoms. The largest absolute Gasteiger partial charge is 0.469 e. The van der Waals surface area contributed by atoms with Crippen LogP contribution in [0.1, 0.15) is 101 Å². The van der Waals surface area contributed by atoms with Gasteiger partial charge in [-0.15, -0.1) is 0 Å². The molecule has 28 heavy (non-hydrogen) atoms. The van der Waals surface area contributed by atoms with Gasteiger partial charge >= 0.3 is 5.97 Å². The Hall–Kier alpha value is -1.35. The molecule has 1 N–H and O–H groups in total. The van der Waals surface area contributed by atoms with Crippen LogP contribution in [0.15, 0.2) is 24.3 Å². The third kappa shape index (κ3) is 7.58. The van der Waals surface area contributed by atoms with Gasteiger partial charge in [0, 0.05) is 6.42 Å². The Balaban J connectivity index is 1.76. The van der Waals surface area contributed by atoms with Gasteiger partial charge in [0.25, 0.3) is 0 Å². The summed E-state index contributed by atoms with van der Waals surface area (Å²) >= 11 is 0. The van der Waals surface area contributed by atoms with Crippen molar-refractivity contribution >= 4 is 5.97 Å². The molecule has 2 rings (SSSR count). The standard InChI is InChI=1S/C25H40O3/c1-3-4-5-8-11-20-14-16-21(17-15-20)22-18-19-24(26)23(22)12-9-6-7-10-13-25(27)28-2/h14-17,22-24,26H,3-13,18-19H2,1-2H3/t22?,23?,24-/m0/s1. The first-order chi connectivity index (χ1) is 13.7. The van der Waals surface area contributed by atoms with Crippen molar-refractivity contribution < 1.29 is 14.6 Å². The Kier molecular flexibility index (Phi) is 10.6. The summed E-state index contributed by atoms with van der Waals surface area (Å²) in [5.41, 5.74) is 2.85. The van der Waals surface area contributed by atoms with E-state index in [9.17, 15) is 9.90 Å². The first-order valence-electron chi connectivity index (χ1n) is 11.5. The smallest absolute Gasteiger partial charge is 0.305 e. The second kappa shape index (κ2) is 13.0. The van der Waals surface area contributed by atoms with Crippen LogP contribution in [-0.4, -0.2) is 24.3 Å². The van der Waals surface area contributed by atoms with E-state index < -0.39 is 0 Å². The van der Waals surface area contributed by atoms with E-state index in [4.69, 9.17) is 0 Å². The lowest BCUT2D eigenvalue weighted by Gasteiger charge is -2.23. The lowest BCUT2D eigenvalue weighted by atomic mass is 9.84. The molecule has 0 saturated heterocycles. The van der Waals surface area contributed by atoms with E-state index >= 15 is 0 Å². The molecule has 0 radical (unpaired) electrons. The van der Waals surface area contributed by atoms with Gasteiger partial charge in [-0.1, -0.05) is 69.7 Å². The third-order valence-electron chi connectivity index (χ3n) is 6.41. The summed E-state index contributed by atoms with van der Waals surface area (Å²) < 4.78 is 4.68. The number of ether oxygens (including phenoxy) is 1. The number of hydrogen-bond acceptors (Lipinski definition) is 3. The van der Waals surface area contributed by atoms with Crippen LogP contribution in [0.4, 0.5) is 0 Å². The van der Waals surface area contributed by atoms with E-state index in [2.05, 4.69) is 35.9 Å². The number of unbranched alkanes of at least 4 members (excludes halogenated alkanes) is 6. The first-order valence-corrected chi connectivity index (χ1v) is 11.5. The Labute approximate surface area is 171 Å². The minimum Gasteiger partial charge on any atom is -0.469 e. The monoisotopic (exact) mass is 388 g/mol. The van der Waals surface area contributed by atoms with Crippen molar-refractivity contribution in [3.8, 4) is 0 Å². The number of aliphatic hydroxyl groups excluding tert-OH is 1. The molecule has 0 aliphatic heterocycles. The van der Waals surface area contributed by atoms with Gasteiger partial charge in [0.05, 0.1) is 13.2 Å². The van der Waals surface area contributed by atoms with Crippen molar-refractivity contribution in [2.45, 2.75) is 102 Å². The highest BCUT2D eigenvalue weighted by Crippen LogP contribution is 2.42. The van der Waals surface area contributed by atoms with Gasteiger partial charge < -0.3 is 9.84 Å². The molecule has 158 valence electrons. The van der Waals surface area contributed by atoms with Crippen molar-refractivity contribution in [3.05, 3.63) is 35.4 Å². The van der Waals surface area contributed by atoms with Crippen LogP contribution in [0.25, 0.3) is 0 Å². The van der Waals surface area contributed by atoms with Gasteiger partial charge in [0.15, 0.2) is 0 Å². The first kappa shape index (κ1) is 22.9. The summed E-state index contributed by atoms with van der Waals surface area (Å²) in [5.74, 6) is 0.773. The maximum atomic E-state index is 11.2. The zero-order valence-corrected chi connectivity index (χ0v) is 18.0. The van der Waals surface area contributed by atoms with E-state index in [1.54, 1.807) is 0 Å². The van der Waals surface area contributed by atoms with Gasteiger partial charge in [-0.2, -0.15) is 0 Å². The van der Waals surface area contributed by atoms with Crippen molar-refractivity contribution in [3.63, 3.8) is 0 Å². The molecule has 0 heterocycles.